The summed E-state index contributed by atoms with van der Waals surface area (Å²) in [4.78, 5) is 13.4. The molecular weight excluding hydrogens is 312 g/mol. The number of hydrogen-bond acceptors (Lipinski definition) is 5. The predicted molar refractivity (Wildman–Crippen MR) is 101 cm³/mol. The maximum absolute atomic E-state index is 9.55. The zero-order valence-corrected chi connectivity index (χ0v) is 14.4. The van der Waals surface area contributed by atoms with E-state index in [0.29, 0.717) is 0 Å². The number of hydrogen-bond donors (Lipinski definition) is 1. The van der Waals surface area contributed by atoms with Crippen molar-refractivity contribution < 1.29 is 5.11 Å². The van der Waals surface area contributed by atoms with E-state index in [2.05, 4.69) is 62.2 Å². The molecule has 5 heteroatoms. The van der Waals surface area contributed by atoms with E-state index in [1.807, 2.05) is 0 Å². The third-order valence-corrected chi connectivity index (χ3v) is 5.20. The van der Waals surface area contributed by atoms with Gasteiger partial charge in [0.05, 0.1) is 12.6 Å². The fraction of sp³-hybridized carbons (Fsp3) is 0.400. The van der Waals surface area contributed by atoms with Crippen LogP contribution in [0.2, 0.25) is 0 Å². The van der Waals surface area contributed by atoms with Gasteiger partial charge in [-0.2, -0.15) is 0 Å². The van der Waals surface area contributed by atoms with Crippen molar-refractivity contribution in [1.82, 2.24) is 9.97 Å². The molecule has 1 N–H and O–H groups in total. The zero-order chi connectivity index (χ0) is 17.1. The summed E-state index contributed by atoms with van der Waals surface area (Å²) in [5.41, 5.74) is 2.72. The molecule has 0 spiro atoms. The van der Waals surface area contributed by atoms with Gasteiger partial charge in [0.1, 0.15) is 18.0 Å². The van der Waals surface area contributed by atoms with Gasteiger partial charge in [-0.05, 0) is 30.4 Å². The minimum Gasteiger partial charge on any atom is -0.394 e. The average molecular weight is 336 g/mol. The predicted octanol–water partition coefficient (Wildman–Crippen LogP) is 2.73. The van der Waals surface area contributed by atoms with Gasteiger partial charge in [0.15, 0.2) is 0 Å². The molecule has 0 radical (unpaired) electrons. The second-order valence-corrected chi connectivity index (χ2v) is 6.70. The number of aliphatic hydroxyl groups excluding tert-OH is 1. The molecule has 130 valence electrons. The molecule has 1 aromatic carbocycles. The lowest BCUT2D eigenvalue weighted by molar-refractivity contribution is 0.266. The molecule has 25 heavy (non-hydrogen) atoms. The lowest BCUT2D eigenvalue weighted by Crippen LogP contribution is -2.33. The summed E-state index contributed by atoms with van der Waals surface area (Å²) in [5.74, 6) is 1.90. The van der Waals surface area contributed by atoms with Crippen LogP contribution in [-0.4, -0.2) is 47.4 Å². The Balaban J connectivity index is 1.50. The molecule has 1 atom stereocenters. The smallest absolute Gasteiger partial charge is 0.134 e. The molecule has 1 unspecified atom stereocenters. The Morgan fingerprint density at radius 1 is 1.08 bits per heavy atom. The Morgan fingerprint density at radius 3 is 2.68 bits per heavy atom. The highest BCUT2D eigenvalue weighted by Crippen LogP contribution is 2.28. The maximum Gasteiger partial charge on any atom is 0.134 e. The van der Waals surface area contributed by atoms with Crippen molar-refractivity contribution in [2.24, 2.45) is 0 Å². The van der Waals surface area contributed by atoms with Gasteiger partial charge in [-0.25, -0.2) is 9.97 Å². The van der Waals surface area contributed by atoms with Crippen molar-refractivity contribution in [3.05, 3.63) is 54.4 Å². The van der Waals surface area contributed by atoms with Crippen molar-refractivity contribution in [1.29, 1.82) is 0 Å². The van der Waals surface area contributed by atoms with Crippen molar-refractivity contribution in [2.75, 3.05) is 36.0 Å². The number of nitrogens with zero attached hydrogens (tertiary/aromatic N) is 4. The second kappa shape index (κ2) is 7.23. The van der Waals surface area contributed by atoms with Crippen LogP contribution in [0.15, 0.2) is 48.8 Å². The van der Waals surface area contributed by atoms with Crippen LogP contribution in [0.25, 0.3) is 5.57 Å². The highest BCUT2D eigenvalue weighted by Gasteiger charge is 2.25. The van der Waals surface area contributed by atoms with Crippen molar-refractivity contribution in [3.8, 4) is 0 Å². The molecule has 4 rings (SSSR count). The van der Waals surface area contributed by atoms with E-state index in [1.54, 1.807) is 6.33 Å². The average Bonchev–Trinajstić information content (AvgIpc) is 3.18. The van der Waals surface area contributed by atoms with Gasteiger partial charge in [-0.1, -0.05) is 36.4 Å². The fourth-order valence-corrected chi connectivity index (χ4v) is 3.79. The summed E-state index contributed by atoms with van der Waals surface area (Å²) in [6, 6.07) is 12.8. The fourth-order valence-electron chi connectivity index (χ4n) is 3.79. The van der Waals surface area contributed by atoms with Crippen LogP contribution in [0, 0.1) is 0 Å². The van der Waals surface area contributed by atoms with E-state index in [-0.39, 0.29) is 12.6 Å². The Kier molecular flexibility index (Phi) is 4.65. The normalized spacial score (nSPS) is 20.7. The van der Waals surface area contributed by atoms with Gasteiger partial charge >= 0.3 is 0 Å². The molecule has 0 aliphatic carbocycles. The minimum atomic E-state index is 0.187. The van der Waals surface area contributed by atoms with E-state index in [4.69, 9.17) is 0 Å². The van der Waals surface area contributed by atoms with Gasteiger partial charge in [-0.15, -0.1) is 0 Å². The summed E-state index contributed by atoms with van der Waals surface area (Å²) in [5, 5.41) is 9.55. The van der Waals surface area contributed by atoms with Crippen LogP contribution in [0.3, 0.4) is 0 Å². The van der Waals surface area contributed by atoms with Gasteiger partial charge in [0, 0.05) is 25.7 Å². The summed E-state index contributed by atoms with van der Waals surface area (Å²) >= 11 is 0. The second-order valence-electron chi connectivity index (χ2n) is 6.70. The SMILES string of the molecule is OCC1CCCN1c1cc(N2CC=C(c3ccccc3)CC2)ncn1. The molecular formula is C20H24N4O. The quantitative estimate of drug-likeness (QED) is 0.930. The molecule has 3 heterocycles. The molecule has 2 aliphatic rings. The number of benzene rings is 1. The van der Waals surface area contributed by atoms with Crippen LogP contribution in [-0.2, 0) is 0 Å². The molecule has 1 aromatic heterocycles. The standard InChI is InChI=1S/C20H24N4O/c25-14-18-7-4-10-24(18)20-13-19(21-15-22-20)23-11-8-17(9-12-23)16-5-2-1-3-6-16/h1-3,5-6,8,13,15,18,25H,4,7,9-12,14H2. The van der Waals surface area contributed by atoms with E-state index in [1.165, 1.54) is 11.1 Å². The zero-order valence-electron chi connectivity index (χ0n) is 14.4. The first kappa shape index (κ1) is 16.1. The van der Waals surface area contributed by atoms with Crippen LogP contribution in [0.5, 0.6) is 0 Å². The first-order chi connectivity index (χ1) is 12.3. The molecule has 0 bridgehead atoms. The highest BCUT2D eigenvalue weighted by atomic mass is 16.3. The maximum atomic E-state index is 9.55. The molecule has 5 nitrogen and oxygen atoms in total. The monoisotopic (exact) mass is 336 g/mol. The largest absolute Gasteiger partial charge is 0.394 e. The molecule has 1 saturated heterocycles. The van der Waals surface area contributed by atoms with Gasteiger partial charge in [-0.3, -0.25) is 0 Å². The van der Waals surface area contributed by atoms with Gasteiger partial charge in [0.2, 0.25) is 0 Å². The number of anilines is 2. The third-order valence-electron chi connectivity index (χ3n) is 5.20. The van der Waals surface area contributed by atoms with E-state index < -0.39 is 0 Å². The van der Waals surface area contributed by atoms with Crippen LogP contribution >= 0.6 is 0 Å². The number of aromatic nitrogens is 2. The lowest BCUT2D eigenvalue weighted by Gasteiger charge is -2.29. The van der Waals surface area contributed by atoms with Crippen LogP contribution in [0.4, 0.5) is 11.6 Å². The summed E-state index contributed by atoms with van der Waals surface area (Å²) in [6.45, 7) is 2.97. The number of aliphatic hydroxyl groups is 1. The Hall–Kier alpha value is -2.40. The lowest BCUT2D eigenvalue weighted by atomic mass is 10.00. The topological polar surface area (TPSA) is 52.5 Å². The molecule has 1 fully saturated rings. The summed E-state index contributed by atoms with van der Waals surface area (Å²) in [7, 11) is 0. The molecule has 0 amide bonds. The Morgan fingerprint density at radius 2 is 1.92 bits per heavy atom. The third kappa shape index (κ3) is 3.37. The van der Waals surface area contributed by atoms with E-state index in [9.17, 15) is 5.11 Å². The van der Waals surface area contributed by atoms with Gasteiger partial charge in [0.25, 0.3) is 0 Å². The van der Waals surface area contributed by atoms with E-state index in [0.717, 1.165) is 50.5 Å². The number of rotatable bonds is 4. The van der Waals surface area contributed by atoms with Crippen LogP contribution < -0.4 is 9.80 Å². The van der Waals surface area contributed by atoms with E-state index >= 15 is 0 Å². The van der Waals surface area contributed by atoms with Gasteiger partial charge < -0.3 is 14.9 Å². The minimum absolute atomic E-state index is 0.187. The first-order valence-corrected chi connectivity index (χ1v) is 9.04. The molecule has 2 aromatic rings. The van der Waals surface area contributed by atoms with Crippen molar-refractivity contribution >= 4 is 17.2 Å². The highest BCUT2D eigenvalue weighted by molar-refractivity contribution is 5.68. The summed E-state index contributed by atoms with van der Waals surface area (Å²) in [6.07, 6.45) is 7.10. The van der Waals surface area contributed by atoms with Crippen LogP contribution in [0.1, 0.15) is 24.8 Å². The van der Waals surface area contributed by atoms with Crippen molar-refractivity contribution in [2.45, 2.75) is 25.3 Å². The molecule has 0 saturated carbocycles. The Bertz CT molecular complexity index is 746. The van der Waals surface area contributed by atoms with Crippen molar-refractivity contribution in [3.63, 3.8) is 0 Å². The first-order valence-electron chi connectivity index (χ1n) is 9.04. The Labute approximate surface area is 148 Å². The molecule has 2 aliphatic heterocycles. The summed E-state index contributed by atoms with van der Waals surface area (Å²) < 4.78 is 0.